The van der Waals surface area contributed by atoms with Gasteiger partial charge in [-0.05, 0) is 25.1 Å². The number of carbonyl (C=O) groups is 2. The van der Waals surface area contributed by atoms with Gasteiger partial charge in [0.25, 0.3) is 0 Å². The van der Waals surface area contributed by atoms with Gasteiger partial charge in [0.15, 0.2) is 17.4 Å². The molecule has 0 saturated carbocycles. The number of pyridine rings is 1. The minimum Gasteiger partial charge on any atom is -0.466 e. The number of ether oxygens (including phenoxy) is 1. The quantitative estimate of drug-likeness (QED) is 0.403. The van der Waals surface area contributed by atoms with Crippen LogP contribution >= 0.6 is 0 Å². The molecule has 0 spiro atoms. The summed E-state index contributed by atoms with van der Waals surface area (Å²) < 4.78 is 46.9. The highest BCUT2D eigenvalue weighted by molar-refractivity contribution is 6.09. The van der Waals surface area contributed by atoms with Gasteiger partial charge in [0.1, 0.15) is 23.9 Å². The number of aromatic nitrogens is 1. The maximum absolute atomic E-state index is 14.8. The second-order valence-corrected chi connectivity index (χ2v) is 6.58. The fourth-order valence-corrected chi connectivity index (χ4v) is 3.04. The molecule has 1 aromatic carbocycles. The number of esters is 1. The number of hydrogen-bond donors (Lipinski definition) is 2. The molecule has 3 rings (SSSR count). The minimum absolute atomic E-state index is 0.00537. The Balaban J connectivity index is 1.99. The van der Waals surface area contributed by atoms with Crippen molar-refractivity contribution in [1.82, 2.24) is 10.3 Å². The van der Waals surface area contributed by atoms with Crippen LogP contribution in [0.4, 0.5) is 30.5 Å². The highest BCUT2D eigenvalue weighted by Gasteiger charge is 2.24. The van der Waals surface area contributed by atoms with E-state index in [2.05, 4.69) is 15.6 Å². The Labute approximate surface area is 171 Å². The third-order valence-electron chi connectivity index (χ3n) is 4.47. The lowest BCUT2D eigenvalue weighted by Gasteiger charge is -2.29. The van der Waals surface area contributed by atoms with Crippen LogP contribution in [0.5, 0.6) is 0 Å². The van der Waals surface area contributed by atoms with Crippen molar-refractivity contribution in [2.24, 2.45) is 0 Å². The third kappa shape index (κ3) is 5.07. The Hall–Kier alpha value is -3.14. The lowest BCUT2D eigenvalue weighted by Crippen LogP contribution is -2.44. The van der Waals surface area contributed by atoms with Gasteiger partial charge in [0.05, 0.1) is 17.9 Å². The smallest absolute Gasteiger partial charge is 0.313 e. The van der Waals surface area contributed by atoms with E-state index in [0.29, 0.717) is 32.2 Å². The van der Waals surface area contributed by atoms with Crippen molar-refractivity contribution >= 4 is 29.1 Å². The van der Waals surface area contributed by atoms with Crippen molar-refractivity contribution in [3.05, 3.63) is 47.3 Å². The number of nitrogens with zero attached hydrogens (tertiary/aromatic N) is 2. The van der Waals surface area contributed by atoms with Gasteiger partial charge < -0.3 is 20.3 Å². The first kappa shape index (κ1) is 21.6. The van der Waals surface area contributed by atoms with E-state index in [0.717, 1.165) is 18.2 Å². The molecule has 0 unspecified atom stereocenters. The molecule has 1 aromatic heterocycles. The van der Waals surface area contributed by atoms with E-state index in [1.54, 1.807) is 11.8 Å². The Morgan fingerprint density at radius 1 is 1.17 bits per heavy atom. The molecule has 0 aliphatic carbocycles. The second kappa shape index (κ2) is 9.57. The molecule has 1 aliphatic rings. The first-order chi connectivity index (χ1) is 14.4. The van der Waals surface area contributed by atoms with Crippen LogP contribution in [-0.2, 0) is 9.53 Å². The first-order valence-electron chi connectivity index (χ1n) is 9.46. The van der Waals surface area contributed by atoms with Crippen molar-refractivity contribution in [2.75, 3.05) is 43.0 Å². The monoisotopic (exact) mass is 422 g/mol. The summed E-state index contributed by atoms with van der Waals surface area (Å²) in [6.45, 7) is 3.91. The van der Waals surface area contributed by atoms with Gasteiger partial charge in [-0.3, -0.25) is 9.59 Å². The van der Waals surface area contributed by atoms with Crippen LogP contribution in [0.25, 0.3) is 0 Å². The zero-order chi connectivity index (χ0) is 21.7. The van der Waals surface area contributed by atoms with Gasteiger partial charge in [-0.1, -0.05) is 0 Å². The van der Waals surface area contributed by atoms with Gasteiger partial charge in [0, 0.05) is 32.2 Å². The molecule has 2 N–H and O–H groups in total. The maximum atomic E-state index is 14.8. The minimum atomic E-state index is -0.909. The Morgan fingerprint density at radius 3 is 2.57 bits per heavy atom. The van der Waals surface area contributed by atoms with E-state index in [1.807, 2.05) is 0 Å². The summed E-state index contributed by atoms with van der Waals surface area (Å²) in [6.07, 6.45) is -0.622. The van der Waals surface area contributed by atoms with Crippen LogP contribution in [0.1, 0.15) is 23.7 Å². The van der Waals surface area contributed by atoms with Crippen LogP contribution in [-0.4, -0.2) is 49.5 Å². The van der Waals surface area contributed by atoms with E-state index in [-0.39, 0.29) is 29.5 Å². The van der Waals surface area contributed by atoms with E-state index < -0.39 is 35.6 Å². The molecule has 1 aliphatic heterocycles. The predicted molar refractivity (Wildman–Crippen MR) is 104 cm³/mol. The van der Waals surface area contributed by atoms with Crippen molar-refractivity contribution in [2.45, 2.75) is 13.3 Å². The summed E-state index contributed by atoms with van der Waals surface area (Å²) in [5.74, 6) is -4.07. The molecular formula is C20H21F3N4O3. The van der Waals surface area contributed by atoms with Gasteiger partial charge in [-0.2, -0.15) is 0 Å². The van der Waals surface area contributed by atoms with Crippen LogP contribution in [0.3, 0.4) is 0 Å². The van der Waals surface area contributed by atoms with Crippen LogP contribution in [0.2, 0.25) is 0 Å². The van der Waals surface area contributed by atoms with Crippen molar-refractivity contribution in [3.8, 4) is 0 Å². The fourth-order valence-electron chi connectivity index (χ4n) is 3.04. The molecule has 1 fully saturated rings. The SMILES string of the molecule is CCOC(=O)CC(=O)c1cc(F)c(N2CCNCC2)nc1Nc1ccc(F)cc1F. The molecular weight excluding hydrogens is 401 g/mol. The normalized spacial score (nSPS) is 13.8. The van der Waals surface area contributed by atoms with E-state index in [4.69, 9.17) is 4.74 Å². The number of hydrogen-bond acceptors (Lipinski definition) is 7. The van der Waals surface area contributed by atoms with Crippen LogP contribution in [0, 0.1) is 17.5 Å². The molecule has 2 aromatic rings. The average molecular weight is 422 g/mol. The molecule has 0 radical (unpaired) electrons. The summed E-state index contributed by atoms with van der Waals surface area (Å²) >= 11 is 0. The molecule has 0 bridgehead atoms. The third-order valence-corrected chi connectivity index (χ3v) is 4.47. The zero-order valence-corrected chi connectivity index (χ0v) is 16.3. The number of ketones is 1. The summed E-state index contributed by atoms with van der Waals surface area (Å²) in [5, 5.41) is 5.76. The number of halogens is 3. The van der Waals surface area contributed by atoms with E-state index in [9.17, 15) is 22.8 Å². The topological polar surface area (TPSA) is 83.6 Å². The van der Waals surface area contributed by atoms with Gasteiger partial charge in [-0.15, -0.1) is 0 Å². The first-order valence-corrected chi connectivity index (χ1v) is 9.46. The van der Waals surface area contributed by atoms with Gasteiger partial charge in [-0.25, -0.2) is 18.2 Å². The fraction of sp³-hybridized carbons (Fsp3) is 0.350. The molecule has 1 saturated heterocycles. The molecule has 10 heteroatoms. The van der Waals surface area contributed by atoms with E-state index >= 15 is 0 Å². The molecule has 2 heterocycles. The zero-order valence-electron chi connectivity index (χ0n) is 16.3. The Kier molecular flexibility index (Phi) is 6.88. The van der Waals surface area contributed by atoms with Crippen molar-refractivity contribution in [1.29, 1.82) is 0 Å². The molecule has 30 heavy (non-hydrogen) atoms. The van der Waals surface area contributed by atoms with Crippen LogP contribution < -0.4 is 15.5 Å². The van der Waals surface area contributed by atoms with Gasteiger partial charge >= 0.3 is 5.97 Å². The summed E-state index contributed by atoms with van der Waals surface area (Å²) in [5.41, 5.74) is -0.380. The van der Waals surface area contributed by atoms with Crippen LogP contribution in [0.15, 0.2) is 24.3 Å². The standard InChI is InChI=1S/C20H21F3N4O3/c1-2-30-18(29)11-17(28)13-10-15(23)20(27-7-5-24-6-8-27)26-19(13)25-16-4-3-12(21)9-14(16)22/h3-4,9-10,24H,2,5-8,11H2,1H3,(H,25,26). The Bertz CT molecular complexity index is 949. The summed E-state index contributed by atoms with van der Waals surface area (Å²) in [6, 6.07) is 3.81. The van der Waals surface area contributed by atoms with E-state index in [1.165, 1.54) is 0 Å². The maximum Gasteiger partial charge on any atom is 0.313 e. The van der Waals surface area contributed by atoms with Crippen molar-refractivity contribution < 1.29 is 27.5 Å². The lowest BCUT2D eigenvalue weighted by molar-refractivity contribution is -0.141. The number of benzene rings is 1. The lowest BCUT2D eigenvalue weighted by atomic mass is 10.1. The molecule has 7 nitrogen and oxygen atoms in total. The Morgan fingerprint density at radius 2 is 1.90 bits per heavy atom. The second-order valence-electron chi connectivity index (χ2n) is 6.58. The summed E-state index contributed by atoms with van der Waals surface area (Å²) in [4.78, 5) is 30.2. The molecule has 0 atom stereocenters. The highest BCUT2D eigenvalue weighted by atomic mass is 19.1. The van der Waals surface area contributed by atoms with Gasteiger partial charge in [0.2, 0.25) is 0 Å². The molecule has 0 amide bonds. The highest BCUT2D eigenvalue weighted by Crippen LogP contribution is 2.28. The number of Topliss-reactive ketones (excluding diaryl/α,β-unsaturated/α-hetero) is 1. The number of nitrogens with one attached hydrogen (secondary N) is 2. The number of carbonyl (C=O) groups excluding carboxylic acids is 2. The largest absolute Gasteiger partial charge is 0.466 e. The average Bonchev–Trinajstić information content (AvgIpc) is 2.71. The number of anilines is 3. The number of piperazine rings is 1. The van der Waals surface area contributed by atoms with Crippen molar-refractivity contribution in [3.63, 3.8) is 0 Å². The predicted octanol–water partition coefficient (Wildman–Crippen LogP) is 2.79. The molecule has 160 valence electrons. The number of rotatable bonds is 7. The summed E-state index contributed by atoms with van der Waals surface area (Å²) in [7, 11) is 0.